The maximum Gasteiger partial charge on any atom is 0.326 e. The van der Waals surface area contributed by atoms with Gasteiger partial charge >= 0.3 is 11.9 Å². The van der Waals surface area contributed by atoms with E-state index in [1.165, 1.54) is 24.3 Å². The number of amides is 1. The van der Waals surface area contributed by atoms with Gasteiger partial charge < -0.3 is 20.3 Å². The van der Waals surface area contributed by atoms with Gasteiger partial charge in [-0.1, -0.05) is 0 Å². The lowest BCUT2D eigenvalue weighted by molar-refractivity contribution is -0.147. The molecule has 0 aliphatic heterocycles. The number of aliphatic carboxylic acids is 2. The fraction of sp³-hybridized carbons (Fsp3) is 0.308. The molecule has 0 aliphatic carbocycles. The molecule has 1 unspecified atom stereocenters. The van der Waals surface area contributed by atoms with Gasteiger partial charge in [0.15, 0.2) is 0 Å². The number of carboxylic acids is 2. The highest BCUT2D eigenvalue weighted by atomic mass is 19.1. The van der Waals surface area contributed by atoms with Gasteiger partial charge in [0.25, 0.3) is 0 Å². The minimum atomic E-state index is -1.49. The van der Waals surface area contributed by atoms with E-state index >= 15 is 0 Å². The normalized spacial score (nSPS) is 11.5. The molecule has 0 aromatic heterocycles. The Morgan fingerprint density at radius 3 is 2.33 bits per heavy atom. The van der Waals surface area contributed by atoms with Gasteiger partial charge in [-0.2, -0.15) is 0 Å². The zero-order valence-electron chi connectivity index (χ0n) is 10.9. The summed E-state index contributed by atoms with van der Waals surface area (Å²) in [6.45, 7) is -0.0448. The summed E-state index contributed by atoms with van der Waals surface area (Å²) >= 11 is 0. The molecule has 1 aromatic carbocycles. The van der Waals surface area contributed by atoms with Gasteiger partial charge in [0.2, 0.25) is 5.91 Å². The molecule has 1 amide bonds. The van der Waals surface area contributed by atoms with Crippen LogP contribution >= 0.6 is 0 Å². The van der Waals surface area contributed by atoms with Gasteiger partial charge in [0.05, 0.1) is 19.4 Å². The molecule has 0 heterocycles. The lowest BCUT2D eigenvalue weighted by Gasteiger charge is -2.12. The zero-order chi connectivity index (χ0) is 15.8. The van der Waals surface area contributed by atoms with Gasteiger partial charge in [-0.05, 0) is 24.3 Å². The Labute approximate surface area is 119 Å². The van der Waals surface area contributed by atoms with Crippen LogP contribution in [0.3, 0.4) is 0 Å². The van der Waals surface area contributed by atoms with Crippen LogP contribution in [-0.2, 0) is 14.4 Å². The number of halogens is 1. The van der Waals surface area contributed by atoms with Gasteiger partial charge in [-0.3, -0.25) is 9.59 Å². The van der Waals surface area contributed by atoms with E-state index in [1.807, 2.05) is 0 Å². The molecule has 0 saturated heterocycles. The van der Waals surface area contributed by atoms with Crippen molar-refractivity contribution in [3.05, 3.63) is 30.1 Å². The van der Waals surface area contributed by atoms with Crippen molar-refractivity contribution in [2.45, 2.75) is 18.9 Å². The molecular formula is C13H14FNO6. The summed E-state index contributed by atoms with van der Waals surface area (Å²) in [6.07, 6.45) is -0.860. The maximum absolute atomic E-state index is 12.6. The van der Waals surface area contributed by atoms with Crippen molar-refractivity contribution in [2.75, 3.05) is 6.61 Å². The molecule has 0 aliphatic rings. The quantitative estimate of drug-likeness (QED) is 0.649. The van der Waals surface area contributed by atoms with Crippen molar-refractivity contribution >= 4 is 17.8 Å². The molecule has 1 rings (SSSR count). The maximum atomic E-state index is 12.6. The van der Waals surface area contributed by atoms with Crippen LogP contribution in [0.2, 0.25) is 0 Å². The predicted molar refractivity (Wildman–Crippen MR) is 68.3 cm³/mol. The molecule has 0 bridgehead atoms. The van der Waals surface area contributed by atoms with Crippen LogP contribution in [0.25, 0.3) is 0 Å². The number of nitrogens with one attached hydrogen (secondary N) is 1. The van der Waals surface area contributed by atoms with E-state index in [4.69, 9.17) is 14.9 Å². The van der Waals surface area contributed by atoms with Crippen LogP contribution < -0.4 is 10.1 Å². The molecule has 0 radical (unpaired) electrons. The van der Waals surface area contributed by atoms with E-state index in [1.54, 1.807) is 0 Å². The van der Waals surface area contributed by atoms with Crippen LogP contribution in [0.1, 0.15) is 12.8 Å². The molecule has 0 fully saturated rings. The molecule has 1 aromatic rings. The second-order valence-electron chi connectivity index (χ2n) is 4.11. The smallest absolute Gasteiger partial charge is 0.326 e. The fourth-order valence-corrected chi connectivity index (χ4v) is 1.43. The Hall–Kier alpha value is -2.64. The van der Waals surface area contributed by atoms with E-state index in [9.17, 15) is 18.8 Å². The fourth-order valence-electron chi connectivity index (χ4n) is 1.43. The second-order valence-corrected chi connectivity index (χ2v) is 4.11. The zero-order valence-corrected chi connectivity index (χ0v) is 10.9. The number of rotatable bonds is 8. The Kier molecular flexibility index (Phi) is 6.12. The SMILES string of the molecule is O=C(O)CC(NC(=O)CCOc1ccc(F)cc1)C(=O)O. The minimum Gasteiger partial charge on any atom is -0.493 e. The third kappa shape index (κ3) is 6.37. The average molecular weight is 299 g/mol. The van der Waals surface area contributed by atoms with Crippen LogP contribution in [-0.4, -0.2) is 40.7 Å². The number of benzene rings is 1. The van der Waals surface area contributed by atoms with Gasteiger partial charge in [-0.25, -0.2) is 9.18 Å². The molecular weight excluding hydrogens is 285 g/mol. The first kappa shape index (κ1) is 16.4. The number of carbonyl (C=O) groups is 3. The van der Waals surface area contributed by atoms with Gasteiger partial charge in [-0.15, -0.1) is 0 Å². The number of hydrogen-bond acceptors (Lipinski definition) is 4. The topological polar surface area (TPSA) is 113 Å². The first-order chi connectivity index (χ1) is 9.88. The third-order valence-electron chi connectivity index (χ3n) is 2.42. The van der Waals surface area contributed by atoms with Crippen LogP contribution in [0.4, 0.5) is 4.39 Å². The second kappa shape index (κ2) is 7.83. The summed E-state index contributed by atoms with van der Waals surface area (Å²) in [6, 6.07) is 3.68. The molecule has 7 nitrogen and oxygen atoms in total. The Bertz CT molecular complexity index is 516. The predicted octanol–water partition coefficient (Wildman–Crippen LogP) is 0.639. The summed E-state index contributed by atoms with van der Waals surface area (Å²) in [4.78, 5) is 32.7. The Morgan fingerprint density at radius 2 is 1.81 bits per heavy atom. The van der Waals surface area contributed by atoms with E-state index in [0.717, 1.165) is 0 Å². The highest BCUT2D eigenvalue weighted by Crippen LogP contribution is 2.11. The molecule has 8 heteroatoms. The number of carbonyl (C=O) groups excluding carboxylic acids is 1. The summed E-state index contributed by atoms with van der Waals surface area (Å²) in [7, 11) is 0. The number of hydrogen-bond donors (Lipinski definition) is 3. The Balaban J connectivity index is 2.37. The molecule has 21 heavy (non-hydrogen) atoms. The van der Waals surface area contributed by atoms with Crippen LogP contribution in [0.15, 0.2) is 24.3 Å². The van der Waals surface area contributed by atoms with Crippen molar-refractivity contribution in [3.63, 3.8) is 0 Å². The average Bonchev–Trinajstić information content (AvgIpc) is 2.39. The van der Waals surface area contributed by atoms with E-state index in [0.29, 0.717) is 5.75 Å². The first-order valence-corrected chi connectivity index (χ1v) is 6.01. The van der Waals surface area contributed by atoms with Crippen molar-refractivity contribution in [3.8, 4) is 5.75 Å². The standard InChI is InChI=1S/C13H14FNO6/c14-8-1-3-9(4-2-8)21-6-5-11(16)15-10(13(19)20)7-12(17)18/h1-4,10H,5-7H2,(H,15,16)(H,17,18)(H,19,20). The summed E-state index contributed by atoms with van der Waals surface area (Å²) < 4.78 is 17.8. The van der Waals surface area contributed by atoms with Crippen LogP contribution in [0.5, 0.6) is 5.75 Å². The number of carboxylic acid groups (broad SMARTS) is 2. The summed E-state index contributed by atoms with van der Waals surface area (Å²) in [5.74, 6) is -3.45. The van der Waals surface area contributed by atoms with Crippen molar-refractivity contribution < 1.29 is 33.7 Å². The monoisotopic (exact) mass is 299 g/mol. The molecule has 3 N–H and O–H groups in total. The van der Waals surface area contributed by atoms with Crippen molar-refractivity contribution in [2.24, 2.45) is 0 Å². The Morgan fingerprint density at radius 1 is 1.19 bits per heavy atom. The minimum absolute atomic E-state index is 0.0448. The van der Waals surface area contributed by atoms with E-state index in [2.05, 4.69) is 5.32 Å². The lowest BCUT2D eigenvalue weighted by Crippen LogP contribution is -2.42. The largest absolute Gasteiger partial charge is 0.493 e. The molecule has 114 valence electrons. The summed E-state index contributed by atoms with van der Waals surface area (Å²) in [5, 5.41) is 19.4. The van der Waals surface area contributed by atoms with Crippen LogP contribution in [0, 0.1) is 5.82 Å². The first-order valence-electron chi connectivity index (χ1n) is 6.01. The van der Waals surface area contributed by atoms with Gasteiger partial charge in [0, 0.05) is 0 Å². The third-order valence-corrected chi connectivity index (χ3v) is 2.42. The molecule has 0 spiro atoms. The molecule has 0 saturated carbocycles. The van der Waals surface area contributed by atoms with E-state index < -0.39 is 36.1 Å². The summed E-state index contributed by atoms with van der Waals surface area (Å²) in [5.41, 5.74) is 0. The van der Waals surface area contributed by atoms with E-state index in [-0.39, 0.29) is 13.0 Å². The highest BCUT2D eigenvalue weighted by molar-refractivity contribution is 5.86. The van der Waals surface area contributed by atoms with Crippen molar-refractivity contribution in [1.82, 2.24) is 5.32 Å². The highest BCUT2D eigenvalue weighted by Gasteiger charge is 2.22. The van der Waals surface area contributed by atoms with Crippen molar-refractivity contribution in [1.29, 1.82) is 0 Å². The lowest BCUT2D eigenvalue weighted by atomic mass is 10.2. The molecule has 1 atom stereocenters. The van der Waals surface area contributed by atoms with Gasteiger partial charge in [0.1, 0.15) is 17.6 Å². The number of ether oxygens (including phenoxy) is 1.